The van der Waals surface area contributed by atoms with Gasteiger partial charge in [-0.25, -0.2) is 0 Å². The van der Waals surface area contributed by atoms with Crippen molar-refractivity contribution in [2.45, 2.75) is 26.3 Å². The van der Waals surface area contributed by atoms with Crippen molar-refractivity contribution in [2.75, 3.05) is 0 Å². The molecule has 0 saturated carbocycles. The number of halogens is 1. The fraction of sp³-hybridized carbons (Fsp3) is 0.364. The van der Waals surface area contributed by atoms with Crippen molar-refractivity contribution >= 4 is 21.8 Å². The molecule has 0 spiro atoms. The molecule has 2 nitrogen and oxygen atoms in total. The van der Waals surface area contributed by atoms with Crippen molar-refractivity contribution in [2.24, 2.45) is 0 Å². The van der Waals surface area contributed by atoms with Crippen LogP contribution >= 0.6 is 15.9 Å². The Hall–Kier alpha value is -0.830. The summed E-state index contributed by atoms with van der Waals surface area (Å²) in [4.78, 5) is 11.6. The quantitative estimate of drug-likeness (QED) is 0.885. The molecule has 0 aliphatic rings. The molecule has 14 heavy (non-hydrogen) atoms. The first-order valence-electron chi connectivity index (χ1n) is 4.70. The van der Waals surface area contributed by atoms with Crippen molar-refractivity contribution in [1.82, 2.24) is 5.32 Å². The summed E-state index contributed by atoms with van der Waals surface area (Å²) in [7, 11) is 0. The lowest BCUT2D eigenvalue weighted by molar-refractivity contribution is 0.0939. The van der Waals surface area contributed by atoms with Gasteiger partial charge < -0.3 is 5.32 Å². The van der Waals surface area contributed by atoms with Crippen LogP contribution in [-0.2, 0) is 0 Å². The molecular formula is C11H14BrNO. The van der Waals surface area contributed by atoms with E-state index in [1.54, 1.807) is 0 Å². The summed E-state index contributed by atoms with van der Waals surface area (Å²) in [6.45, 7) is 4.04. The highest BCUT2D eigenvalue weighted by atomic mass is 79.9. The highest BCUT2D eigenvalue weighted by Gasteiger charge is 2.07. The number of carbonyl (C=O) groups is 1. The first-order chi connectivity index (χ1) is 6.63. The van der Waals surface area contributed by atoms with Crippen LogP contribution in [0.25, 0.3) is 0 Å². The molecule has 0 aromatic heterocycles. The lowest BCUT2D eigenvalue weighted by atomic mass is 10.2. The predicted octanol–water partition coefficient (Wildman–Crippen LogP) is 2.98. The number of rotatable bonds is 3. The maximum absolute atomic E-state index is 11.6. The Morgan fingerprint density at radius 2 is 2.00 bits per heavy atom. The van der Waals surface area contributed by atoms with Gasteiger partial charge in [0.15, 0.2) is 0 Å². The Labute approximate surface area is 92.8 Å². The van der Waals surface area contributed by atoms with Gasteiger partial charge in [0, 0.05) is 16.1 Å². The summed E-state index contributed by atoms with van der Waals surface area (Å²) in [6, 6.07) is 7.58. The molecule has 0 bridgehead atoms. The van der Waals surface area contributed by atoms with Crippen LogP contribution in [0.3, 0.4) is 0 Å². The molecule has 1 aromatic carbocycles. The van der Waals surface area contributed by atoms with Crippen LogP contribution < -0.4 is 5.32 Å². The number of benzene rings is 1. The minimum atomic E-state index is -0.00755. The van der Waals surface area contributed by atoms with Gasteiger partial charge in [0.2, 0.25) is 0 Å². The molecule has 0 aliphatic heterocycles. The van der Waals surface area contributed by atoms with Crippen LogP contribution in [0, 0.1) is 0 Å². The van der Waals surface area contributed by atoms with E-state index < -0.39 is 0 Å². The van der Waals surface area contributed by atoms with Crippen molar-refractivity contribution in [1.29, 1.82) is 0 Å². The average molecular weight is 256 g/mol. The van der Waals surface area contributed by atoms with E-state index in [-0.39, 0.29) is 11.9 Å². The summed E-state index contributed by atoms with van der Waals surface area (Å²) < 4.78 is 0.984. The van der Waals surface area contributed by atoms with Gasteiger partial charge in [-0.15, -0.1) is 0 Å². The second-order valence-corrected chi connectivity index (χ2v) is 4.21. The molecule has 1 unspecified atom stereocenters. The van der Waals surface area contributed by atoms with E-state index in [0.29, 0.717) is 5.56 Å². The van der Waals surface area contributed by atoms with E-state index in [1.165, 1.54) is 0 Å². The topological polar surface area (TPSA) is 29.1 Å². The van der Waals surface area contributed by atoms with E-state index in [4.69, 9.17) is 0 Å². The third kappa shape index (κ3) is 3.14. The summed E-state index contributed by atoms with van der Waals surface area (Å²) >= 11 is 3.33. The van der Waals surface area contributed by atoms with Crippen LogP contribution in [0.5, 0.6) is 0 Å². The fourth-order valence-electron chi connectivity index (χ4n) is 1.01. The van der Waals surface area contributed by atoms with Crippen molar-refractivity contribution in [3.05, 3.63) is 34.3 Å². The molecule has 1 atom stereocenters. The molecule has 1 N–H and O–H groups in total. The molecule has 0 fully saturated rings. The van der Waals surface area contributed by atoms with Crippen LogP contribution in [0.1, 0.15) is 30.6 Å². The van der Waals surface area contributed by atoms with Crippen LogP contribution in [0.2, 0.25) is 0 Å². The maximum Gasteiger partial charge on any atom is 0.251 e. The normalized spacial score (nSPS) is 12.2. The van der Waals surface area contributed by atoms with Gasteiger partial charge in [0.25, 0.3) is 5.91 Å². The second-order valence-electron chi connectivity index (χ2n) is 3.29. The summed E-state index contributed by atoms with van der Waals surface area (Å²) in [5.41, 5.74) is 0.702. The molecule has 0 heterocycles. The van der Waals surface area contributed by atoms with Crippen LogP contribution in [-0.4, -0.2) is 11.9 Å². The number of hydrogen-bond acceptors (Lipinski definition) is 1. The maximum atomic E-state index is 11.6. The zero-order valence-electron chi connectivity index (χ0n) is 8.38. The minimum Gasteiger partial charge on any atom is -0.350 e. The van der Waals surface area contributed by atoms with Gasteiger partial charge in [-0.05, 0) is 37.6 Å². The Morgan fingerprint density at radius 1 is 1.43 bits per heavy atom. The standard InChI is InChI=1S/C11H14BrNO/c1-3-8(2)13-11(14)9-4-6-10(12)7-5-9/h4-8H,3H2,1-2H3,(H,13,14). The molecule has 1 aromatic rings. The Kier molecular flexibility index (Phi) is 4.14. The van der Waals surface area contributed by atoms with E-state index in [2.05, 4.69) is 21.2 Å². The van der Waals surface area contributed by atoms with Gasteiger partial charge in [-0.3, -0.25) is 4.79 Å². The largest absolute Gasteiger partial charge is 0.350 e. The first kappa shape index (κ1) is 11.2. The molecule has 0 radical (unpaired) electrons. The summed E-state index contributed by atoms with van der Waals surface area (Å²) in [5, 5.41) is 2.91. The van der Waals surface area contributed by atoms with E-state index in [9.17, 15) is 4.79 Å². The molecule has 0 saturated heterocycles. The molecular weight excluding hydrogens is 242 g/mol. The molecule has 76 valence electrons. The van der Waals surface area contributed by atoms with Crippen molar-refractivity contribution in [3.63, 3.8) is 0 Å². The zero-order chi connectivity index (χ0) is 10.6. The average Bonchev–Trinajstić information content (AvgIpc) is 2.18. The van der Waals surface area contributed by atoms with Crippen LogP contribution in [0.4, 0.5) is 0 Å². The van der Waals surface area contributed by atoms with Gasteiger partial charge >= 0.3 is 0 Å². The van der Waals surface area contributed by atoms with E-state index in [1.807, 2.05) is 38.1 Å². The van der Waals surface area contributed by atoms with Crippen LogP contribution in [0.15, 0.2) is 28.7 Å². The van der Waals surface area contributed by atoms with Crippen molar-refractivity contribution < 1.29 is 4.79 Å². The lowest BCUT2D eigenvalue weighted by Crippen LogP contribution is -2.31. The van der Waals surface area contributed by atoms with Gasteiger partial charge in [-0.2, -0.15) is 0 Å². The van der Waals surface area contributed by atoms with Gasteiger partial charge in [0.1, 0.15) is 0 Å². The third-order valence-corrected chi connectivity index (χ3v) is 2.62. The lowest BCUT2D eigenvalue weighted by Gasteiger charge is -2.10. The van der Waals surface area contributed by atoms with E-state index >= 15 is 0 Å². The smallest absolute Gasteiger partial charge is 0.251 e. The Balaban J connectivity index is 2.65. The van der Waals surface area contributed by atoms with Gasteiger partial charge in [-0.1, -0.05) is 22.9 Å². The second kappa shape index (κ2) is 5.15. The van der Waals surface area contributed by atoms with Gasteiger partial charge in [0.05, 0.1) is 0 Å². The molecule has 3 heteroatoms. The Morgan fingerprint density at radius 3 is 2.50 bits per heavy atom. The fourth-order valence-corrected chi connectivity index (χ4v) is 1.27. The number of amides is 1. The highest BCUT2D eigenvalue weighted by molar-refractivity contribution is 9.10. The molecule has 1 rings (SSSR count). The van der Waals surface area contributed by atoms with Crippen molar-refractivity contribution in [3.8, 4) is 0 Å². The highest BCUT2D eigenvalue weighted by Crippen LogP contribution is 2.10. The zero-order valence-corrected chi connectivity index (χ0v) is 9.97. The molecule has 0 aliphatic carbocycles. The molecule has 1 amide bonds. The first-order valence-corrected chi connectivity index (χ1v) is 5.49. The Bertz CT molecular complexity index is 308. The summed E-state index contributed by atoms with van der Waals surface area (Å²) in [5.74, 6) is -0.00755. The predicted molar refractivity (Wildman–Crippen MR) is 61.4 cm³/mol. The third-order valence-electron chi connectivity index (χ3n) is 2.10. The number of nitrogens with one attached hydrogen (secondary N) is 1. The monoisotopic (exact) mass is 255 g/mol. The summed E-state index contributed by atoms with van der Waals surface area (Å²) in [6.07, 6.45) is 0.947. The van der Waals surface area contributed by atoms with E-state index in [0.717, 1.165) is 10.9 Å². The SMILES string of the molecule is CCC(C)NC(=O)c1ccc(Br)cc1. The minimum absolute atomic E-state index is 0.00755. The number of hydrogen-bond donors (Lipinski definition) is 1. The number of carbonyl (C=O) groups excluding carboxylic acids is 1.